The van der Waals surface area contributed by atoms with Crippen molar-refractivity contribution >= 4 is 39.3 Å². The molecule has 0 aromatic heterocycles. The molecule has 1 atom stereocenters. The molecule has 1 unspecified atom stereocenters. The number of hydrogen-bond acceptors (Lipinski definition) is 2. The molecule has 5 heteroatoms. The normalized spacial score (nSPS) is 12.2. The molecule has 1 rings (SSSR count). The van der Waals surface area contributed by atoms with Crippen LogP contribution < -0.4 is 0 Å². The van der Waals surface area contributed by atoms with E-state index in [1.807, 2.05) is 0 Å². The van der Waals surface area contributed by atoms with Crippen LogP contribution in [-0.4, -0.2) is 21.7 Å². The molecule has 0 aliphatic rings. The van der Waals surface area contributed by atoms with E-state index < -0.39 is 10.8 Å². The lowest BCUT2D eigenvalue weighted by Crippen LogP contribution is -2.16. The number of benzene rings is 1. The van der Waals surface area contributed by atoms with E-state index in [1.54, 1.807) is 19.1 Å². The van der Waals surface area contributed by atoms with Crippen LogP contribution in [0.5, 0.6) is 0 Å². The number of Topliss-reactive ketones (excluding diaryl/α,β-unsaturated/α-hetero) is 1. The van der Waals surface area contributed by atoms with Crippen LogP contribution in [0.4, 0.5) is 0 Å². The zero-order chi connectivity index (χ0) is 12.3. The van der Waals surface area contributed by atoms with Gasteiger partial charge in [-0.15, -0.1) is 11.6 Å². The van der Waals surface area contributed by atoms with Crippen LogP contribution in [0.25, 0.3) is 0 Å². The van der Waals surface area contributed by atoms with Crippen molar-refractivity contribution in [3.8, 4) is 0 Å². The van der Waals surface area contributed by atoms with Crippen LogP contribution in [0.2, 0.25) is 0 Å². The van der Waals surface area contributed by atoms with E-state index in [2.05, 4.69) is 15.9 Å². The highest BCUT2D eigenvalue weighted by molar-refractivity contribution is 9.10. The van der Waals surface area contributed by atoms with Crippen LogP contribution in [0.3, 0.4) is 0 Å². The van der Waals surface area contributed by atoms with Crippen LogP contribution in [0, 0.1) is 0 Å². The van der Waals surface area contributed by atoms with Crippen molar-refractivity contribution < 1.29 is 14.7 Å². The van der Waals surface area contributed by atoms with E-state index in [4.69, 9.17) is 16.7 Å². The average molecular weight is 306 g/mol. The van der Waals surface area contributed by atoms with E-state index in [0.717, 1.165) is 0 Å². The number of carbonyl (C=O) groups excluding carboxylic acids is 1. The van der Waals surface area contributed by atoms with Gasteiger partial charge in [-0.2, -0.15) is 0 Å². The number of carboxylic acid groups (broad SMARTS) is 1. The minimum Gasteiger partial charge on any atom is -0.478 e. The fourth-order valence-electron chi connectivity index (χ4n) is 1.38. The van der Waals surface area contributed by atoms with Crippen LogP contribution >= 0.6 is 27.5 Å². The van der Waals surface area contributed by atoms with Gasteiger partial charge in [0.25, 0.3) is 0 Å². The summed E-state index contributed by atoms with van der Waals surface area (Å²) in [5, 5.41) is 9.08. The van der Waals surface area contributed by atoms with E-state index in [1.165, 1.54) is 6.07 Å². The van der Waals surface area contributed by atoms with Gasteiger partial charge in [0.1, 0.15) is 0 Å². The van der Waals surface area contributed by atoms with E-state index in [-0.39, 0.29) is 22.8 Å². The third kappa shape index (κ3) is 2.62. The lowest BCUT2D eigenvalue weighted by atomic mass is 9.98. The smallest absolute Gasteiger partial charge is 0.336 e. The van der Waals surface area contributed by atoms with Crippen molar-refractivity contribution in [2.45, 2.75) is 17.6 Å². The molecule has 16 heavy (non-hydrogen) atoms. The van der Waals surface area contributed by atoms with Crippen molar-refractivity contribution in [1.82, 2.24) is 0 Å². The molecule has 0 aliphatic carbocycles. The summed E-state index contributed by atoms with van der Waals surface area (Å²) in [7, 11) is 0. The number of rotatable bonds is 4. The molecule has 0 radical (unpaired) electrons. The third-order valence-corrected chi connectivity index (χ3v) is 2.84. The first-order valence-corrected chi connectivity index (χ1v) is 6.03. The maximum Gasteiger partial charge on any atom is 0.336 e. The zero-order valence-electron chi connectivity index (χ0n) is 8.54. The highest BCUT2D eigenvalue weighted by atomic mass is 79.9. The largest absolute Gasteiger partial charge is 0.478 e. The van der Waals surface area contributed by atoms with Gasteiger partial charge in [0, 0.05) is 11.4 Å². The van der Waals surface area contributed by atoms with Crippen molar-refractivity contribution in [3.63, 3.8) is 0 Å². The number of aromatic carboxylic acids is 1. The Hall–Kier alpha value is -0.870. The Labute approximate surface area is 107 Å². The summed E-state index contributed by atoms with van der Waals surface area (Å²) >= 11 is 8.78. The SMILES string of the molecule is CC(Br)C(=O)c1cccc(CCl)c1C(=O)O. The van der Waals surface area contributed by atoms with E-state index >= 15 is 0 Å². The first kappa shape index (κ1) is 13.2. The molecular formula is C11H10BrClO3. The highest BCUT2D eigenvalue weighted by Crippen LogP contribution is 2.20. The summed E-state index contributed by atoms with van der Waals surface area (Å²) in [6.07, 6.45) is 0. The predicted molar refractivity (Wildman–Crippen MR) is 65.7 cm³/mol. The molecule has 1 aromatic carbocycles. The topological polar surface area (TPSA) is 54.4 Å². The number of ketones is 1. The Balaban J connectivity index is 3.39. The highest BCUT2D eigenvalue weighted by Gasteiger charge is 2.22. The van der Waals surface area contributed by atoms with Gasteiger partial charge in [-0.05, 0) is 12.5 Å². The molecule has 0 amide bonds. The number of halogens is 2. The van der Waals surface area contributed by atoms with Gasteiger partial charge in [0.05, 0.1) is 10.4 Å². The Morgan fingerprint density at radius 1 is 1.50 bits per heavy atom. The fourth-order valence-corrected chi connectivity index (χ4v) is 1.85. The summed E-state index contributed by atoms with van der Waals surface area (Å²) in [6, 6.07) is 4.73. The molecule has 3 nitrogen and oxygen atoms in total. The van der Waals surface area contributed by atoms with Gasteiger partial charge in [-0.25, -0.2) is 4.79 Å². The van der Waals surface area contributed by atoms with Gasteiger partial charge in [-0.3, -0.25) is 4.79 Å². The molecule has 86 valence electrons. The van der Waals surface area contributed by atoms with Crippen LogP contribution in [0.15, 0.2) is 18.2 Å². The number of carboxylic acids is 1. The van der Waals surface area contributed by atoms with Crippen molar-refractivity contribution in [3.05, 3.63) is 34.9 Å². The molecule has 0 saturated carbocycles. The summed E-state index contributed by atoms with van der Waals surface area (Å²) < 4.78 is 0. The van der Waals surface area contributed by atoms with E-state index in [0.29, 0.717) is 5.56 Å². The third-order valence-electron chi connectivity index (χ3n) is 2.14. The van der Waals surface area contributed by atoms with Crippen molar-refractivity contribution in [2.75, 3.05) is 0 Å². The second-order valence-corrected chi connectivity index (χ2v) is 4.90. The van der Waals surface area contributed by atoms with Gasteiger partial charge in [-0.1, -0.05) is 34.1 Å². The first-order chi connectivity index (χ1) is 7.49. The van der Waals surface area contributed by atoms with Crippen molar-refractivity contribution in [1.29, 1.82) is 0 Å². The number of carbonyl (C=O) groups is 2. The van der Waals surface area contributed by atoms with Gasteiger partial charge in [0.2, 0.25) is 0 Å². The monoisotopic (exact) mass is 304 g/mol. The zero-order valence-corrected chi connectivity index (χ0v) is 10.9. The Morgan fingerprint density at radius 3 is 2.56 bits per heavy atom. The summed E-state index contributed by atoms with van der Waals surface area (Å²) in [5.41, 5.74) is 0.636. The van der Waals surface area contributed by atoms with Gasteiger partial charge >= 0.3 is 5.97 Å². The lowest BCUT2D eigenvalue weighted by molar-refractivity contribution is 0.0691. The summed E-state index contributed by atoms with van der Waals surface area (Å²) in [4.78, 5) is 22.5. The molecule has 1 N–H and O–H groups in total. The second-order valence-electron chi connectivity index (χ2n) is 3.26. The number of hydrogen-bond donors (Lipinski definition) is 1. The van der Waals surface area contributed by atoms with Crippen LogP contribution in [-0.2, 0) is 5.88 Å². The second kappa shape index (κ2) is 5.46. The van der Waals surface area contributed by atoms with Crippen molar-refractivity contribution in [2.24, 2.45) is 0 Å². The molecule has 1 aromatic rings. The minimum atomic E-state index is -1.13. The summed E-state index contributed by atoms with van der Waals surface area (Å²) in [5.74, 6) is -1.32. The Bertz CT molecular complexity index is 429. The van der Waals surface area contributed by atoms with Gasteiger partial charge in [0.15, 0.2) is 5.78 Å². The Morgan fingerprint density at radius 2 is 2.12 bits per heavy atom. The average Bonchev–Trinajstić information content (AvgIpc) is 2.26. The molecule has 0 bridgehead atoms. The Kier molecular flexibility index (Phi) is 4.50. The maximum atomic E-state index is 11.8. The minimum absolute atomic E-state index is 0.00574. The first-order valence-electron chi connectivity index (χ1n) is 4.58. The van der Waals surface area contributed by atoms with Gasteiger partial charge < -0.3 is 5.11 Å². The van der Waals surface area contributed by atoms with Crippen LogP contribution in [0.1, 0.15) is 33.2 Å². The fraction of sp³-hybridized carbons (Fsp3) is 0.273. The van der Waals surface area contributed by atoms with E-state index in [9.17, 15) is 9.59 Å². The molecule has 0 heterocycles. The molecule has 0 fully saturated rings. The summed E-state index contributed by atoms with van der Waals surface area (Å²) in [6.45, 7) is 1.65. The molecule has 0 aliphatic heterocycles. The predicted octanol–water partition coefficient (Wildman–Crippen LogP) is 3.09. The standard InChI is InChI=1S/C11H10BrClO3/c1-6(12)10(14)8-4-2-3-7(5-13)9(8)11(15)16/h2-4,6H,5H2,1H3,(H,15,16). The maximum absolute atomic E-state index is 11.8. The molecular weight excluding hydrogens is 295 g/mol. The molecule has 0 spiro atoms. The molecule has 0 saturated heterocycles. The number of alkyl halides is 2. The quantitative estimate of drug-likeness (QED) is 0.687. The lowest BCUT2D eigenvalue weighted by Gasteiger charge is -2.09.